The third-order valence-electron chi connectivity index (χ3n) is 4.54. The molecule has 6 nitrogen and oxygen atoms in total. The van der Waals surface area contributed by atoms with E-state index in [0.29, 0.717) is 17.9 Å². The number of ether oxygens (including phenoxy) is 1. The van der Waals surface area contributed by atoms with Gasteiger partial charge in [0.05, 0.1) is 18.1 Å². The first-order chi connectivity index (χ1) is 12.3. The average molecular weight is 377 g/mol. The molecule has 1 aliphatic heterocycles. The first-order valence-corrected chi connectivity index (χ1v) is 10.4. The van der Waals surface area contributed by atoms with Crippen LogP contribution in [0.5, 0.6) is 5.75 Å². The van der Waals surface area contributed by atoms with Crippen molar-refractivity contribution in [1.29, 1.82) is 0 Å². The van der Waals surface area contributed by atoms with Crippen LogP contribution >= 0.6 is 0 Å². The molecule has 0 aliphatic carbocycles. The molecule has 1 saturated heterocycles. The maximum absolute atomic E-state index is 12.8. The van der Waals surface area contributed by atoms with Gasteiger partial charge in [-0.15, -0.1) is 0 Å². The van der Waals surface area contributed by atoms with Crippen LogP contribution in [0.25, 0.3) is 0 Å². The second kappa shape index (κ2) is 7.53. The molecule has 3 rings (SSSR count). The number of sulfone groups is 1. The van der Waals surface area contributed by atoms with E-state index in [9.17, 15) is 13.2 Å². The van der Waals surface area contributed by atoms with Crippen LogP contribution in [0, 0.1) is 13.8 Å². The fraction of sp³-hybridized carbons (Fsp3) is 0.421. The third kappa shape index (κ3) is 4.46. The van der Waals surface area contributed by atoms with Crippen molar-refractivity contribution in [2.45, 2.75) is 32.9 Å². The second-order valence-corrected chi connectivity index (χ2v) is 8.87. The van der Waals surface area contributed by atoms with Crippen molar-refractivity contribution >= 4 is 15.7 Å². The van der Waals surface area contributed by atoms with Crippen LogP contribution in [0.1, 0.15) is 23.5 Å². The van der Waals surface area contributed by atoms with Gasteiger partial charge in [0.1, 0.15) is 17.3 Å². The number of para-hydroxylation sites is 1. The number of nitrogens with zero attached hydrogens (tertiary/aromatic N) is 1. The van der Waals surface area contributed by atoms with Gasteiger partial charge in [0.25, 0.3) is 5.91 Å². The monoisotopic (exact) mass is 377 g/mol. The van der Waals surface area contributed by atoms with E-state index in [1.165, 1.54) is 0 Å². The van der Waals surface area contributed by atoms with Gasteiger partial charge in [0.15, 0.2) is 16.4 Å². The van der Waals surface area contributed by atoms with Gasteiger partial charge in [-0.3, -0.25) is 4.79 Å². The molecule has 1 fully saturated rings. The summed E-state index contributed by atoms with van der Waals surface area (Å²) in [5, 5.41) is 0. The molecule has 0 radical (unpaired) electrons. The predicted octanol–water partition coefficient (Wildman–Crippen LogP) is 2.49. The Morgan fingerprint density at radius 3 is 2.62 bits per heavy atom. The molecule has 2 aromatic rings. The van der Waals surface area contributed by atoms with E-state index in [1.807, 2.05) is 44.2 Å². The Bertz CT molecular complexity index is 887. The summed E-state index contributed by atoms with van der Waals surface area (Å²) >= 11 is 0. The van der Waals surface area contributed by atoms with E-state index in [2.05, 4.69) is 0 Å². The van der Waals surface area contributed by atoms with Crippen molar-refractivity contribution in [2.24, 2.45) is 0 Å². The molecule has 26 heavy (non-hydrogen) atoms. The van der Waals surface area contributed by atoms with Crippen molar-refractivity contribution < 1.29 is 22.4 Å². The molecule has 0 spiro atoms. The lowest BCUT2D eigenvalue weighted by Crippen LogP contribution is -2.43. The van der Waals surface area contributed by atoms with Crippen LogP contribution in [0.15, 0.2) is 40.8 Å². The maximum atomic E-state index is 12.8. The Kier molecular flexibility index (Phi) is 5.36. The van der Waals surface area contributed by atoms with Crippen LogP contribution in [0.4, 0.5) is 0 Å². The molecule has 1 aromatic carbocycles. The zero-order valence-electron chi connectivity index (χ0n) is 15.0. The number of carbonyl (C=O) groups is 1. The summed E-state index contributed by atoms with van der Waals surface area (Å²) in [4.78, 5) is 14.4. The molecule has 1 aliphatic rings. The van der Waals surface area contributed by atoms with Crippen LogP contribution in [-0.2, 0) is 21.2 Å². The topological polar surface area (TPSA) is 76.8 Å². The Hall–Kier alpha value is -2.28. The highest BCUT2D eigenvalue weighted by Gasteiger charge is 2.35. The largest absolute Gasteiger partial charge is 0.484 e. The maximum Gasteiger partial charge on any atom is 0.261 e. The van der Waals surface area contributed by atoms with E-state index in [0.717, 1.165) is 11.3 Å². The lowest BCUT2D eigenvalue weighted by atomic mass is 10.2. The van der Waals surface area contributed by atoms with Crippen molar-refractivity contribution in [3.63, 3.8) is 0 Å². The van der Waals surface area contributed by atoms with Gasteiger partial charge in [-0.1, -0.05) is 18.2 Å². The highest BCUT2D eigenvalue weighted by atomic mass is 32.2. The fourth-order valence-electron chi connectivity index (χ4n) is 3.12. The van der Waals surface area contributed by atoms with Gasteiger partial charge in [-0.2, -0.15) is 0 Å². The molecule has 1 aromatic heterocycles. The Morgan fingerprint density at radius 1 is 1.23 bits per heavy atom. The number of hydrogen-bond donors (Lipinski definition) is 0. The zero-order chi connectivity index (χ0) is 18.7. The number of rotatable bonds is 6. The zero-order valence-corrected chi connectivity index (χ0v) is 15.8. The molecule has 1 amide bonds. The number of aryl methyl sites for hydroxylation is 2. The van der Waals surface area contributed by atoms with E-state index in [1.54, 1.807) is 11.0 Å². The first kappa shape index (κ1) is 18.5. The number of carbonyl (C=O) groups excluding carboxylic acids is 1. The smallest absolute Gasteiger partial charge is 0.261 e. The van der Waals surface area contributed by atoms with E-state index >= 15 is 0 Å². The van der Waals surface area contributed by atoms with E-state index in [-0.39, 0.29) is 36.6 Å². The number of amides is 1. The lowest BCUT2D eigenvalue weighted by Gasteiger charge is -2.27. The molecule has 140 valence electrons. The van der Waals surface area contributed by atoms with Crippen LogP contribution < -0.4 is 4.74 Å². The Balaban J connectivity index is 1.73. The highest BCUT2D eigenvalue weighted by molar-refractivity contribution is 7.91. The SMILES string of the molecule is Cc1ccc(CN(C(=O)COc2ccccc2C)[C@H]2CCS(=O)(=O)C2)o1. The van der Waals surface area contributed by atoms with Crippen molar-refractivity contribution in [3.8, 4) is 5.75 Å². The summed E-state index contributed by atoms with van der Waals surface area (Å²) in [7, 11) is -3.10. The molecule has 1 atom stereocenters. The van der Waals surface area contributed by atoms with Gasteiger partial charge < -0.3 is 14.1 Å². The van der Waals surface area contributed by atoms with Gasteiger partial charge in [0, 0.05) is 6.04 Å². The summed E-state index contributed by atoms with van der Waals surface area (Å²) in [5.41, 5.74) is 0.942. The lowest BCUT2D eigenvalue weighted by molar-refractivity contribution is -0.136. The summed E-state index contributed by atoms with van der Waals surface area (Å²) in [6, 6.07) is 10.8. The fourth-order valence-corrected chi connectivity index (χ4v) is 4.85. The molecule has 0 saturated carbocycles. The van der Waals surface area contributed by atoms with Gasteiger partial charge >= 0.3 is 0 Å². The molecular weight excluding hydrogens is 354 g/mol. The predicted molar refractivity (Wildman–Crippen MR) is 97.7 cm³/mol. The third-order valence-corrected chi connectivity index (χ3v) is 6.29. The number of furan rings is 1. The summed E-state index contributed by atoms with van der Waals surface area (Å²) in [5.74, 6) is 1.89. The molecule has 0 N–H and O–H groups in total. The molecule has 0 unspecified atom stereocenters. The van der Waals surface area contributed by atoms with Crippen molar-refractivity contribution in [1.82, 2.24) is 4.90 Å². The number of benzene rings is 1. The minimum atomic E-state index is -3.10. The Labute approximate surface area is 153 Å². The van der Waals surface area contributed by atoms with E-state index in [4.69, 9.17) is 9.15 Å². The highest BCUT2D eigenvalue weighted by Crippen LogP contribution is 2.22. The second-order valence-electron chi connectivity index (χ2n) is 6.65. The Morgan fingerprint density at radius 2 is 2.00 bits per heavy atom. The van der Waals surface area contributed by atoms with Gasteiger partial charge in [-0.25, -0.2) is 8.42 Å². The van der Waals surface area contributed by atoms with Crippen molar-refractivity contribution in [3.05, 3.63) is 53.5 Å². The molecular formula is C19H23NO5S. The minimum absolute atomic E-state index is 0.0111. The van der Waals surface area contributed by atoms with Crippen LogP contribution in [0.2, 0.25) is 0 Å². The van der Waals surface area contributed by atoms with Crippen molar-refractivity contribution in [2.75, 3.05) is 18.1 Å². The molecule has 2 heterocycles. The summed E-state index contributed by atoms with van der Waals surface area (Å²) < 4.78 is 34.9. The van der Waals surface area contributed by atoms with Crippen LogP contribution in [-0.4, -0.2) is 43.4 Å². The van der Waals surface area contributed by atoms with Crippen LogP contribution in [0.3, 0.4) is 0 Å². The average Bonchev–Trinajstić information content (AvgIpc) is 3.16. The molecule has 7 heteroatoms. The minimum Gasteiger partial charge on any atom is -0.484 e. The first-order valence-electron chi connectivity index (χ1n) is 8.58. The summed E-state index contributed by atoms with van der Waals surface area (Å²) in [6.45, 7) is 3.84. The standard InChI is InChI=1S/C19H23NO5S/c1-14-5-3-4-6-18(14)24-12-19(21)20(11-17-8-7-15(2)25-17)16-9-10-26(22,23)13-16/h3-8,16H,9-13H2,1-2H3/t16-/m0/s1. The van der Waals surface area contributed by atoms with E-state index < -0.39 is 9.84 Å². The summed E-state index contributed by atoms with van der Waals surface area (Å²) in [6.07, 6.45) is 0.443. The quantitative estimate of drug-likeness (QED) is 0.773. The van der Waals surface area contributed by atoms with Gasteiger partial charge in [0.2, 0.25) is 0 Å². The molecule has 0 bridgehead atoms. The van der Waals surface area contributed by atoms with Gasteiger partial charge in [-0.05, 0) is 44.0 Å². The normalized spacial score (nSPS) is 18.6. The number of hydrogen-bond acceptors (Lipinski definition) is 5.